The fourth-order valence-corrected chi connectivity index (χ4v) is 9.41. The lowest BCUT2D eigenvalue weighted by Gasteiger charge is -2.55. The first-order valence-electron chi connectivity index (χ1n) is 17.8. The number of methoxy groups -OCH3 is 2. The second-order valence-corrected chi connectivity index (χ2v) is 14.1. The highest BCUT2D eigenvalue weighted by Gasteiger charge is 2.66. The van der Waals surface area contributed by atoms with Crippen molar-refractivity contribution in [3.05, 3.63) is 107 Å². The summed E-state index contributed by atoms with van der Waals surface area (Å²) in [5.41, 5.74) is 1.27. The zero-order valence-electron chi connectivity index (χ0n) is 29.1. The highest BCUT2D eigenvalue weighted by atomic mass is 16.5. The number of ketones is 2. The topological polar surface area (TPSA) is 148 Å². The van der Waals surface area contributed by atoms with Crippen LogP contribution in [0.15, 0.2) is 90.5 Å². The van der Waals surface area contributed by atoms with Crippen LogP contribution in [0, 0.1) is 23.7 Å². The van der Waals surface area contributed by atoms with Gasteiger partial charge in [0.05, 0.1) is 31.5 Å². The molecule has 10 nitrogen and oxygen atoms in total. The van der Waals surface area contributed by atoms with Crippen LogP contribution in [0.1, 0.15) is 61.1 Å². The first-order chi connectivity index (χ1) is 25.1. The lowest BCUT2D eigenvalue weighted by Crippen LogP contribution is -2.59. The molecule has 6 atom stereocenters. The molecule has 4 aliphatic rings. The van der Waals surface area contributed by atoms with E-state index >= 15 is 9.59 Å². The second kappa shape index (κ2) is 13.9. The third kappa shape index (κ3) is 5.52. The Bertz CT molecular complexity index is 1980. The molecule has 0 radical (unpaired) electrons. The summed E-state index contributed by atoms with van der Waals surface area (Å²) in [5, 5.41) is 19.7. The largest absolute Gasteiger partial charge is 0.508 e. The van der Waals surface area contributed by atoms with Crippen molar-refractivity contribution >= 4 is 34.9 Å². The molecule has 2 fully saturated rings. The molecule has 6 unspecified atom stereocenters. The van der Waals surface area contributed by atoms with E-state index in [9.17, 15) is 19.5 Å². The second-order valence-electron chi connectivity index (χ2n) is 14.1. The molecule has 0 aromatic heterocycles. The van der Waals surface area contributed by atoms with Crippen LogP contribution in [-0.2, 0) is 29.4 Å². The van der Waals surface area contributed by atoms with Gasteiger partial charge in [-0.15, -0.1) is 0 Å². The van der Waals surface area contributed by atoms with Crippen LogP contribution in [0.3, 0.4) is 0 Å². The first kappa shape index (κ1) is 34.9. The van der Waals surface area contributed by atoms with E-state index in [4.69, 9.17) is 14.6 Å². The van der Waals surface area contributed by atoms with Crippen molar-refractivity contribution in [1.29, 1.82) is 0 Å². The number of carboxylic acid groups (broad SMARTS) is 1. The Balaban J connectivity index is 1.43. The number of hydrogen-bond acceptors (Lipinski definition) is 8. The monoisotopic (exact) mass is 703 g/mol. The van der Waals surface area contributed by atoms with E-state index < -0.39 is 41.0 Å². The molecular formula is C42H41NO9. The van der Waals surface area contributed by atoms with Gasteiger partial charge in [0.1, 0.15) is 17.2 Å². The van der Waals surface area contributed by atoms with Crippen LogP contribution in [0.25, 0.3) is 5.57 Å². The number of hydrogen-bond donors (Lipinski definition) is 2. The lowest BCUT2D eigenvalue weighted by molar-refractivity contribution is -0.141. The Hall–Kier alpha value is -5.51. The minimum atomic E-state index is -1.49. The van der Waals surface area contributed by atoms with E-state index in [1.807, 2.05) is 54.6 Å². The summed E-state index contributed by atoms with van der Waals surface area (Å²) in [4.78, 5) is 71.0. The summed E-state index contributed by atoms with van der Waals surface area (Å²) >= 11 is 0. The molecule has 7 rings (SSSR count). The van der Waals surface area contributed by atoms with Crippen molar-refractivity contribution in [2.45, 2.75) is 49.9 Å². The summed E-state index contributed by atoms with van der Waals surface area (Å²) < 4.78 is 11.8. The van der Waals surface area contributed by atoms with Gasteiger partial charge in [-0.1, -0.05) is 78.7 Å². The van der Waals surface area contributed by atoms with Gasteiger partial charge in [0, 0.05) is 48.1 Å². The van der Waals surface area contributed by atoms with Crippen molar-refractivity contribution in [2.24, 2.45) is 23.7 Å². The number of unbranched alkanes of at least 4 members (excludes halogenated alkanes) is 2. The molecule has 3 aromatic carbocycles. The molecule has 52 heavy (non-hydrogen) atoms. The van der Waals surface area contributed by atoms with Gasteiger partial charge in [0.2, 0.25) is 11.8 Å². The number of rotatable bonds is 11. The van der Waals surface area contributed by atoms with Gasteiger partial charge in [-0.25, -0.2) is 0 Å². The predicted molar refractivity (Wildman–Crippen MR) is 191 cm³/mol. The lowest BCUT2D eigenvalue weighted by atomic mass is 9.44. The van der Waals surface area contributed by atoms with E-state index in [1.165, 1.54) is 37.3 Å². The molecule has 0 spiro atoms. The van der Waals surface area contributed by atoms with Crippen LogP contribution < -0.4 is 9.47 Å². The van der Waals surface area contributed by atoms with Crippen molar-refractivity contribution in [2.75, 3.05) is 20.8 Å². The number of phenolic OH excluding ortho intramolecular Hbond substituents is 1. The summed E-state index contributed by atoms with van der Waals surface area (Å²) in [6.07, 6.45) is 5.35. The normalized spacial score (nSPS) is 26.6. The fraction of sp³-hybridized carbons (Fsp3) is 0.357. The smallest absolute Gasteiger partial charge is 0.303 e. The molecule has 0 bridgehead atoms. The number of carboxylic acids is 1. The van der Waals surface area contributed by atoms with Crippen LogP contribution in [0.4, 0.5) is 0 Å². The van der Waals surface area contributed by atoms with Crippen molar-refractivity contribution < 1.29 is 43.7 Å². The van der Waals surface area contributed by atoms with E-state index in [1.54, 1.807) is 12.1 Å². The maximum absolute atomic E-state index is 15.3. The summed E-state index contributed by atoms with van der Waals surface area (Å²) in [7, 11) is 2.93. The Labute approximate surface area is 301 Å². The minimum absolute atomic E-state index is 0.0186. The molecule has 1 saturated heterocycles. The first-order valence-corrected chi connectivity index (χ1v) is 17.8. The summed E-state index contributed by atoms with van der Waals surface area (Å²) in [6, 6.07) is 21.2. The quantitative estimate of drug-likeness (QED) is 0.142. The molecular weight excluding hydrogens is 662 g/mol. The highest BCUT2D eigenvalue weighted by molar-refractivity contribution is 6.31. The maximum atomic E-state index is 15.3. The highest BCUT2D eigenvalue weighted by Crippen LogP contribution is 2.65. The van der Waals surface area contributed by atoms with Crippen LogP contribution in [0.5, 0.6) is 17.2 Å². The number of allylic oxidation sites excluding steroid dienone is 4. The van der Waals surface area contributed by atoms with Crippen LogP contribution >= 0.6 is 0 Å². The number of nitrogens with zero attached hydrogens (tertiary/aromatic N) is 1. The van der Waals surface area contributed by atoms with E-state index in [0.29, 0.717) is 41.5 Å². The number of likely N-dealkylation sites (tertiary alicyclic amines) is 1. The number of ether oxygens (including phenoxy) is 2. The van der Waals surface area contributed by atoms with Gasteiger partial charge in [0.15, 0.2) is 11.6 Å². The average molecular weight is 704 g/mol. The average Bonchev–Trinajstić information content (AvgIpc) is 3.40. The maximum Gasteiger partial charge on any atom is 0.303 e. The molecule has 2 N–H and O–H groups in total. The van der Waals surface area contributed by atoms with Crippen LogP contribution in [0.2, 0.25) is 0 Å². The number of phenols is 1. The van der Waals surface area contributed by atoms with Gasteiger partial charge in [-0.3, -0.25) is 28.9 Å². The molecule has 2 amide bonds. The predicted octanol–water partition coefficient (Wildman–Crippen LogP) is 5.88. The Morgan fingerprint density at radius 1 is 0.865 bits per heavy atom. The number of aromatic hydroxyl groups is 1. The van der Waals surface area contributed by atoms with Gasteiger partial charge in [0.25, 0.3) is 0 Å². The van der Waals surface area contributed by atoms with Crippen molar-refractivity contribution in [3.63, 3.8) is 0 Å². The number of carbonyl (C=O) groups excluding carboxylic acids is 4. The molecule has 10 heteroatoms. The van der Waals surface area contributed by atoms with Crippen LogP contribution in [-0.4, -0.2) is 65.2 Å². The Morgan fingerprint density at radius 3 is 2.15 bits per heavy atom. The summed E-state index contributed by atoms with van der Waals surface area (Å²) in [5.74, 6) is -5.35. The number of aliphatic carboxylic acids is 1. The molecule has 3 aliphatic carbocycles. The Morgan fingerprint density at radius 2 is 1.52 bits per heavy atom. The van der Waals surface area contributed by atoms with Crippen molar-refractivity contribution in [1.82, 2.24) is 4.90 Å². The molecule has 1 aliphatic heterocycles. The number of carbonyl (C=O) groups is 5. The van der Waals surface area contributed by atoms with E-state index in [0.717, 1.165) is 5.57 Å². The van der Waals surface area contributed by atoms with Gasteiger partial charge in [-0.2, -0.15) is 0 Å². The molecule has 268 valence electrons. The summed E-state index contributed by atoms with van der Waals surface area (Å²) in [6.45, 7) is 0.186. The number of fused-ring (bicyclic) bond motifs is 4. The third-order valence-corrected chi connectivity index (χ3v) is 11.6. The van der Waals surface area contributed by atoms with Gasteiger partial charge < -0.3 is 19.7 Å². The third-order valence-electron chi connectivity index (χ3n) is 11.6. The van der Waals surface area contributed by atoms with Crippen molar-refractivity contribution in [3.8, 4) is 17.2 Å². The number of imide groups is 1. The van der Waals surface area contributed by atoms with E-state index in [2.05, 4.69) is 0 Å². The molecule has 1 saturated carbocycles. The zero-order chi connectivity index (χ0) is 36.7. The van der Waals surface area contributed by atoms with E-state index in [-0.39, 0.29) is 66.4 Å². The minimum Gasteiger partial charge on any atom is -0.508 e. The van der Waals surface area contributed by atoms with Gasteiger partial charge in [-0.05, 0) is 48.8 Å². The zero-order valence-corrected chi connectivity index (χ0v) is 29.1. The molecule has 1 heterocycles. The molecule has 3 aromatic rings. The number of Topliss-reactive ketones (excluding diaryl/α,β-unsaturated/α-hetero) is 1. The Kier molecular flexibility index (Phi) is 9.33. The SMILES string of the molecule is COc1cc(O)cc(OC)c1C1C2=CCC3C(=O)N(CCCCCC(=O)O)C(=O)C3C2CC2C(=O)C(c3ccccc3)=CC(=O)C21c1ccccc1. The number of amides is 2. The standard InChI is InChI=1S/C42H41NO9/c1-51-32-20-26(44)21-33(52-2)37(32)38-27-17-18-28-36(41(50)43(40(28)49)19-11-5-10-16-35(46)47)30(27)22-31-39(48)29(24-12-6-3-7-13-24)23-34(45)42(31,38)25-14-8-4-9-15-25/h3-4,6-9,12-15,17,20-21,23,28,30-31,36,38,44H,5,10-11,16,18-19,22H2,1-2H3,(H,46,47). The fourth-order valence-electron chi connectivity index (χ4n) is 9.41. The number of benzene rings is 3. The van der Waals surface area contributed by atoms with Gasteiger partial charge >= 0.3 is 5.97 Å².